The van der Waals surface area contributed by atoms with E-state index in [9.17, 15) is 0 Å². The summed E-state index contributed by atoms with van der Waals surface area (Å²) < 4.78 is 13.0. The maximum absolute atomic E-state index is 6.67. The molecule has 3 heterocycles. The van der Waals surface area contributed by atoms with E-state index in [-0.39, 0.29) is 16.2 Å². The molecule has 3 aromatic heterocycles. The molecule has 0 bridgehead atoms. The number of imidazole rings is 1. The molecule has 0 N–H and O–H groups in total. The van der Waals surface area contributed by atoms with E-state index in [2.05, 4.69) is 205 Å². The molecule has 0 fully saturated rings. The summed E-state index contributed by atoms with van der Waals surface area (Å²) in [5.74, 6) is 2.37. The molecule has 0 saturated heterocycles. The van der Waals surface area contributed by atoms with Crippen molar-refractivity contribution in [3.8, 4) is 28.7 Å². The van der Waals surface area contributed by atoms with Crippen molar-refractivity contribution in [3.63, 3.8) is 0 Å². The van der Waals surface area contributed by atoms with Crippen LogP contribution >= 0.6 is 0 Å². The summed E-state index contributed by atoms with van der Waals surface area (Å²) >= 11 is 0. The third-order valence-corrected chi connectivity index (χ3v) is 12.0. The fourth-order valence-corrected chi connectivity index (χ4v) is 8.23. The first-order chi connectivity index (χ1) is 28.4. The zero-order valence-electron chi connectivity index (χ0n) is 34.9. The van der Waals surface area contributed by atoms with Gasteiger partial charge in [-0.2, -0.15) is 0 Å². The van der Waals surface area contributed by atoms with Gasteiger partial charge in [0.25, 0.3) is 6.33 Å². The molecule has 0 aliphatic rings. The van der Waals surface area contributed by atoms with Gasteiger partial charge >= 0.3 is 0 Å². The Bertz CT molecular complexity index is 2950. The minimum Gasteiger partial charge on any atom is -0.458 e. The molecule has 59 heavy (non-hydrogen) atoms. The first-order valence-corrected chi connectivity index (χ1v) is 20.4. The molecule has 0 radical (unpaired) electrons. The SMILES string of the molecule is CC(C)(C)c1ccc2c(c1)c1ccc(Oc3cccc(-n4[c-][n+](-c5cccc(C(C)(C)c6ccccc6)c5)cc4)c3)cc1n2-c1cc(C(C)(C)c2ccccc2)ccn1. The Morgan fingerprint density at radius 2 is 1.19 bits per heavy atom. The van der Waals surface area contributed by atoms with E-state index in [1.54, 1.807) is 0 Å². The molecule has 292 valence electrons. The van der Waals surface area contributed by atoms with Crippen LogP contribution < -0.4 is 9.30 Å². The third-order valence-electron chi connectivity index (χ3n) is 12.0. The lowest BCUT2D eigenvalue weighted by atomic mass is 9.78. The number of rotatable bonds is 9. The van der Waals surface area contributed by atoms with Crippen LogP contribution in [0.15, 0.2) is 176 Å². The molecule has 0 saturated carbocycles. The summed E-state index contributed by atoms with van der Waals surface area (Å²) in [6, 6.07) is 55.8. The fraction of sp³-hybridized carbons (Fsp3) is 0.185. The Labute approximate surface area is 347 Å². The first kappa shape index (κ1) is 37.8. The molecule has 0 aliphatic heterocycles. The molecule has 0 amide bonds. The van der Waals surface area contributed by atoms with Gasteiger partial charge in [-0.15, -0.1) is 0 Å². The van der Waals surface area contributed by atoms with E-state index < -0.39 is 0 Å². The van der Waals surface area contributed by atoms with Gasteiger partial charge in [0.15, 0.2) is 0 Å². The number of nitrogens with zero attached hydrogens (tertiary/aromatic N) is 4. The molecule has 0 unspecified atom stereocenters. The smallest absolute Gasteiger partial charge is 0.268 e. The minimum absolute atomic E-state index is 0.00823. The van der Waals surface area contributed by atoms with Gasteiger partial charge in [-0.25, -0.2) is 4.98 Å². The van der Waals surface area contributed by atoms with Crippen LogP contribution in [0, 0.1) is 6.33 Å². The quantitative estimate of drug-likeness (QED) is 0.108. The summed E-state index contributed by atoms with van der Waals surface area (Å²) in [5, 5.41) is 2.35. The summed E-state index contributed by atoms with van der Waals surface area (Å²) in [7, 11) is 0. The van der Waals surface area contributed by atoms with Gasteiger partial charge in [-0.1, -0.05) is 133 Å². The summed E-state index contributed by atoms with van der Waals surface area (Å²) in [5.41, 5.74) is 10.1. The monoisotopic (exact) mass is 770 g/mol. The van der Waals surface area contributed by atoms with Crippen LogP contribution in [-0.4, -0.2) is 14.1 Å². The summed E-state index contributed by atoms with van der Waals surface area (Å²) in [6.45, 7) is 15.9. The van der Waals surface area contributed by atoms with E-state index in [1.807, 2.05) is 39.9 Å². The summed E-state index contributed by atoms with van der Waals surface area (Å²) in [6.07, 6.45) is 9.54. The molecular formula is C54H50N4O. The van der Waals surface area contributed by atoms with Crippen LogP contribution in [0.4, 0.5) is 0 Å². The number of aromatic nitrogens is 4. The van der Waals surface area contributed by atoms with Gasteiger partial charge in [-0.05, 0) is 100.0 Å². The lowest BCUT2D eigenvalue weighted by Gasteiger charge is -2.26. The Balaban J connectivity index is 1.06. The number of hydrogen-bond acceptors (Lipinski definition) is 2. The molecule has 0 aliphatic carbocycles. The average molecular weight is 771 g/mol. The van der Waals surface area contributed by atoms with Crippen molar-refractivity contribution in [2.75, 3.05) is 0 Å². The van der Waals surface area contributed by atoms with Crippen molar-refractivity contribution >= 4 is 21.8 Å². The second kappa shape index (κ2) is 14.6. The van der Waals surface area contributed by atoms with E-state index in [0.717, 1.165) is 45.1 Å². The molecule has 9 rings (SSSR count). The highest BCUT2D eigenvalue weighted by atomic mass is 16.5. The number of fused-ring (bicyclic) bond motifs is 3. The van der Waals surface area contributed by atoms with Gasteiger partial charge in [0, 0.05) is 46.3 Å². The van der Waals surface area contributed by atoms with E-state index >= 15 is 0 Å². The first-order valence-electron chi connectivity index (χ1n) is 20.4. The highest BCUT2D eigenvalue weighted by Crippen LogP contribution is 2.39. The number of benzene rings is 6. The normalized spacial score (nSPS) is 12.3. The standard InChI is InChI=1S/C54H50N4O/c1-52(2,3)40-24-27-49-48(33-40)47-26-25-46(36-50(47)58(49)51-34-42(28-29-55-51)54(6,7)39-18-12-9-13-19-39)59-45-23-15-22-44(35-45)57-31-30-56(37-57)43-21-14-20-41(32-43)53(4,5)38-16-10-8-11-17-38/h8-36H,1-7H3. The molecule has 9 aromatic rings. The lowest BCUT2D eigenvalue weighted by Crippen LogP contribution is -2.29. The minimum atomic E-state index is -0.212. The Kier molecular flexibility index (Phi) is 9.35. The van der Waals surface area contributed by atoms with Crippen LogP contribution in [0.5, 0.6) is 11.5 Å². The van der Waals surface area contributed by atoms with Crippen LogP contribution in [0.25, 0.3) is 39.0 Å². The van der Waals surface area contributed by atoms with Gasteiger partial charge < -0.3 is 4.74 Å². The van der Waals surface area contributed by atoms with Crippen molar-refractivity contribution < 1.29 is 9.30 Å². The number of pyridine rings is 1. The van der Waals surface area contributed by atoms with Crippen molar-refractivity contribution in [2.45, 2.75) is 64.7 Å². The Morgan fingerprint density at radius 3 is 1.90 bits per heavy atom. The molecule has 0 atom stereocenters. The molecule has 5 nitrogen and oxygen atoms in total. The van der Waals surface area contributed by atoms with Gasteiger partial charge in [0.05, 0.1) is 22.4 Å². The van der Waals surface area contributed by atoms with Crippen molar-refractivity contribution in [3.05, 3.63) is 210 Å². The van der Waals surface area contributed by atoms with Gasteiger partial charge in [-0.3, -0.25) is 13.7 Å². The number of hydrogen-bond donors (Lipinski definition) is 0. The predicted octanol–water partition coefficient (Wildman–Crippen LogP) is 12.8. The fourth-order valence-electron chi connectivity index (χ4n) is 8.23. The van der Waals surface area contributed by atoms with Crippen LogP contribution in [0.2, 0.25) is 0 Å². The third kappa shape index (κ3) is 7.12. The number of ether oxygens (including phenoxy) is 1. The lowest BCUT2D eigenvalue weighted by molar-refractivity contribution is -0.599. The average Bonchev–Trinajstić information content (AvgIpc) is 3.88. The van der Waals surface area contributed by atoms with E-state index in [1.165, 1.54) is 33.2 Å². The molecule has 6 aromatic carbocycles. The van der Waals surface area contributed by atoms with Crippen molar-refractivity contribution in [1.82, 2.24) is 14.1 Å². The highest BCUT2D eigenvalue weighted by molar-refractivity contribution is 6.09. The molecule has 0 spiro atoms. The zero-order valence-corrected chi connectivity index (χ0v) is 34.9. The van der Waals surface area contributed by atoms with Crippen LogP contribution in [-0.2, 0) is 16.2 Å². The van der Waals surface area contributed by atoms with Crippen molar-refractivity contribution in [2.24, 2.45) is 0 Å². The Morgan fingerprint density at radius 1 is 0.525 bits per heavy atom. The maximum atomic E-state index is 6.67. The highest BCUT2D eigenvalue weighted by Gasteiger charge is 2.26. The van der Waals surface area contributed by atoms with Crippen molar-refractivity contribution in [1.29, 1.82) is 0 Å². The van der Waals surface area contributed by atoms with E-state index in [4.69, 9.17) is 9.72 Å². The van der Waals surface area contributed by atoms with E-state index in [0.29, 0.717) is 0 Å². The Hall–Kier alpha value is -6.72. The van der Waals surface area contributed by atoms with Gasteiger partial charge in [0.1, 0.15) is 17.3 Å². The molecule has 5 heteroatoms. The topological polar surface area (TPSA) is 35.9 Å². The van der Waals surface area contributed by atoms with Crippen LogP contribution in [0.1, 0.15) is 76.3 Å². The zero-order chi connectivity index (χ0) is 40.9. The predicted molar refractivity (Wildman–Crippen MR) is 241 cm³/mol. The second-order valence-corrected chi connectivity index (χ2v) is 17.7. The summed E-state index contributed by atoms with van der Waals surface area (Å²) in [4.78, 5) is 4.99. The van der Waals surface area contributed by atoms with Crippen LogP contribution in [0.3, 0.4) is 0 Å². The largest absolute Gasteiger partial charge is 0.458 e. The maximum Gasteiger partial charge on any atom is 0.268 e. The van der Waals surface area contributed by atoms with Gasteiger partial charge in [0.2, 0.25) is 0 Å². The molecular weight excluding hydrogens is 721 g/mol. The second-order valence-electron chi connectivity index (χ2n) is 17.7.